The molecule has 0 radical (unpaired) electrons. The Morgan fingerprint density at radius 1 is 0.960 bits per heavy atom. The van der Waals surface area contributed by atoms with Crippen LogP contribution in [0.2, 0.25) is 0 Å². The second-order valence-corrected chi connectivity index (χ2v) is 11.6. The maximum atomic E-state index is 10.6. The first-order valence-corrected chi connectivity index (χ1v) is 12.0. The Hall–Kier alpha value is 0.270. The smallest absolute Gasteiger partial charge is 0.0596 e. The van der Waals surface area contributed by atoms with Crippen molar-refractivity contribution in [3.8, 4) is 0 Å². The highest BCUT2D eigenvalue weighted by molar-refractivity contribution is 7.99. The van der Waals surface area contributed by atoms with E-state index in [9.17, 15) is 5.11 Å². The molecule has 3 N–H and O–H groups in total. The molecule has 0 saturated heterocycles. The maximum Gasteiger partial charge on any atom is 0.0596 e. The van der Waals surface area contributed by atoms with Crippen molar-refractivity contribution in [1.82, 2.24) is 0 Å². The van der Waals surface area contributed by atoms with Crippen molar-refractivity contribution in [3.05, 3.63) is 0 Å². The minimum atomic E-state index is -0.0290. The van der Waals surface area contributed by atoms with E-state index < -0.39 is 0 Å². The quantitative estimate of drug-likeness (QED) is 0.701. The van der Waals surface area contributed by atoms with Gasteiger partial charge in [-0.2, -0.15) is 11.8 Å². The van der Waals surface area contributed by atoms with Gasteiger partial charge in [0.15, 0.2) is 0 Å². The summed E-state index contributed by atoms with van der Waals surface area (Å²) in [6.45, 7) is 5.91. The predicted octanol–water partition coefficient (Wildman–Crippen LogP) is 4.84. The van der Waals surface area contributed by atoms with Crippen LogP contribution in [0.4, 0.5) is 0 Å². The van der Waals surface area contributed by atoms with E-state index in [1.807, 2.05) is 0 Å². The largest absolute Gasteiger partial charge is 0.393 e. The first kappa shape index (κ1) is 18.6. The number of fused-ring (bicyclic) bond motifs is 5. The van der Waals surface area contributed by atoms with Crippen molar-refractivity contribution in [1.29, 1.82) is 0 Å². The average molecular weight is 366 g/mol. The molecule has 4 saturated carbocycles. The standard InChI is InChI=1S/C22H39NOS/c1-21-10-8-16(25-13-3-12-23)14-15(21)4-5-17-18-6-7-20(24)22(18,2)11-9-19(17)21/h15-20,24H,3-14,23H2,1-2H3/t15?,16-,17?,18?,19?,20+,21+,22+/m1/s1. The highest BCUT2D eigenvalue weighted by Gasteiger charge is 2.59. The molecule has 0 aromatic heterocycles. The summed E-state index contributed by atoms with van der Waals surface area (Å²) in [5.74, 6) is 4.85. The normalized spacial score (nSPS) is 52.3. The monoisotopic (exact) mass is 365 g/mol. The number of aliphatic hydroxyl groups is 1. The number of aliphatic hydroxyl groups excluding tert-OH is 1. The van der Waals surface area contributed by atoms with Gasteiger partial charge < -0.3 is 10.8 Å². The molecule has 0 amide bonds. The van der Waals surface area contributed by atoms with Crippen LogP contribution in [0.5, 0.6) is 0 Å². The topological polar surface area (TPSA) is 46.2 Å². The van der Waals surface area contributed by atoms with Crippen molar-refractivity contribution in [2.75, 3.05) is 12.3 Å². The summed E-state index contributed by atoms with van der Waals surface area (Å²) >= 11 is 2.21. The second-order valence-electron chi connectivity index (χ2n) is 10.2. The molecule has 4 fully saturated rings. The highest BCUT2D eigenvalue weighted by atomic mass is 32.2. The third-order valence-corrected chi connectivity index (χ3v) is 10.7. The predicted molar refractivity (Wildman–Crippen MR) is 108 cm³/mol. The van der Waals surface area contributed by atoms with E-state index in [1.165, 1.54) is 63.5 Å². The van der Waals surface area contributed by atoms with Crippen molar-refractivity contribution in [2.24, 2.45) is 40.2 Å². The van der Waals surface area contributed by atoms with Gasteiger partial charge in [0.05, 0.1) is 6.10 Å². The molecule has 3 heteroatoms. The Kier molecular flexibility index (Phi) is 5.23. The molecule has 0 spiro atoms. The number of rotatable bonds is 4. The molecule has 0 aromatic rings. The summed E-state index contributed by atoms with van der Waals surface area (Å²) in [4.78, 5) is 0. The number of hydrogen-bond donors (Lipinski definition) is 2. The molecule has 4 unspecified atom stereocenters. The number of thioether (sulfide) groups is 1. The first-order valence-electron chi connectivity index (χ1n) is 11.0. The zero-order chi connectivity index (χ0) is 17.7. The van der Waals surface area contributed by atoms with Gasteiger partial charge in [0, 0.05) is 5.25 Å². The van der Waals surface area contributed by atoms with E-state index in [0.29, 0.717) is 5.41 Å². The van der Waals surface area contributed by atoms with Crippen molar-refractivity contribution < 1.29 is 5.11 Å². The van der Waals surface area contributed by atoms with E-state index in [2.05, 4.69) is 25.6 Å². The van der Waals surface area contributed by atoms with E-state index in [0.717, 1.165) is 41.9 Å². The van der Waals surface area contributed by atoms with Crippen molar-refractivity contribution >= 4 is 11.8 Å². The molecule has 25 heavy (non-hydrogen) atoms. The van der Waals surface area contributed by atoms with Gasteiger partial charge >= 0.3 is 0 Å². The summed E-state index contributed by atoms with van der Waals surface area (Å²) in [6.07, 6.45) is 13.4. The summed E-state index contributed by atoms with van der Waals surface area (Å²) in [5, 5.41) is 11.5. The van der Waals surface area contributed by atoms with Crippen LogP contribution in [0.3, 0.4) is 0 Å². The lowest BCUT2D eigenvalue weighted by atomic mass is 9.45. The zero-order valence-electron chi connectivity index (χ0n) is 16.4. The zero-order valence-corrected chi connectivity index (χ0v) is 17.2. The van der Waals surface area contributed by atoms with Gasteiger partial charge in [-0.05, 0) is 111 Å². The van der Waals surface area contributed by atoms with E-state index in [-0.39, 0.29) is 11.5 Å². The summed E-state index contributed by atoms with van der Waals surface area (Å²) < 4.78 is 0. The molecule has 144 valence electrons. The molecule has 0 heterocycles. The molecule has 8 atom stereocenters. The van der Waals surface area contributed by atoms with Crippen LogP contribution in [0, 0.1) is 34.5 Å². The first-order chi connectivity index (χ1) is 12.0. The molecule has 4 rings (SSSR count). The van der Waals surface area contributed by atoms with E-state index in [4.69, 9.17) is 5.73 Å². The second kappa shape index (κ2) is 7.02. The van der Waals surface area contributed by atoms with Gasteiger partial charge in [-0.25, -0.2) is 0 Å². The molecule has 0 aliphatic heterocycles. The van der Waals surface area contributed by atoms with Crippen LogP contribution in [-0.4, -0.2) is 28.8 Å². The van der Waals surface area contributed by atoms with Gasteiger partial charge in [0.25, 0.3) is 0 Å². The maximum absolute atomic E-state index is 10.6. The van der Waals surface area contributed by atoms with Crippen LogP contribution in [0.1, 0.15) is 78.1 Å². The Morgan fingerprint density at radius 2 is 1.72 bits per heavy atom. The van der Waals surface area contributed by atoms with Gasteiger partial charge in [-0.3, -0.25) is 0 Å². The molecule has 0 aromatic carbocycles. The minimum absolute atomic E-state index is 0.0290. The Balaban J connectivity index is 1.46. The third kappa shape index (κ3) is 3.01. The fourth-order valence-electron chi connectivity index (χ4n) is 7.68. The lowest BCUT2D eigenvalue weighted by molar-refractivity contribution is -0.119. The Morgan fingerprint density at radius 3 is 2.52 bits per heavy atom. The molecule has 2 nitrogen and oxygen atoms in total. The van der Waals surface area contributed by atoms with Crippen molar-refractivity contribution in [2.45, 2.75) is 89.4 Å². The summed E-state index contributed by atoms with van der Waals surface area (Å²) in [7, 11) is 0. The van der Waals surface area contributed by atoms with Crippen LogP contribution in [0.25, 0.3) is 0 Å². The van der Waals surface area contributed by atoms with Gasteiger partial charge in [0.1, 0.15) is 0 Å². The third-order valence-electron chi connectivity index (χ3n) is 9.27. The fourth-order valence-corrected chi connectivity index (χ4v) is 9.00. The lowest BCUT2D eigenvalue weighted by Gasteiger charge is -2.61. The molecular weight excluding hydrogens is 326 g/mol. The molecular formula is C22H39NOS. The number of hydrogen-bond acceptors (Lipinski definition) is 3. The highest BCUT2D eigenvalue weighted by Crippen LogP contribution is 2.66. The average Bonchev–Trinajstić information content (AvgIpc) is 2.90. The van der Waals surface area contributed by atoms with E-state index >= 15 is 0 Å². The minimum Gasteiger partial charge on any atom is -0.393 e. The Bertz CT molecular complexity index is 485. The van der Waals surface area contributed by atoms with Gasteiger partial charge in [0.2, 0.25) is 0 Å². The lowest BCUT2D eigenvalue weighted by Crippen LogP contribution is -2.54. The van der Waals surface area contributed by atoms with Crippen molar-refractivity contribution in [3.63, 3.8) is 0 Å². The molecule has 4 aliphatic rings. The van der Waals surface area contributed by atoms with Crippen LogP contribution < -0.4 is 5.73 Å². The SMILES string of the molecule is C[C@]12CC[C@@H](SCCCN)CC1CCC1C2CC[C@@]2(C)C1CC[C@@H]2O. The van der Waals surface area contributed by atoms with Gasteiger partial charge in [-0.1, -0.05) is 13.8 Å². The van der Waals surface area contributed by atoms with Crippen LogP contribution >= 0.6 is 11.8 Å². The summed E-state index contributed by atoms with van der Waals surface area (Å²) in [6, 6.07) is 0. The summed E-state index contributed by atoms with van der Waals surface area (Å²) in [5.41, 5.74) is 6.50. The molecule has 0 bridgehead atoms. The molecule has 4 aliphatic carbocycles. The van der Waals surface area contributed by atoms with Gasteiger partial charge in [-0.15, -0.1) is 0 Å². The fraction of sp³-hybridized carbons (Fsp3) is 1.00. The number of nitrogens with two attached hydrogens (primary N) is 1. The van der Waals surface area contributed by atoms with E-state index in [1.54, 1.807) is 0 Å². The van der Waals surface area contributed by atoms with Crippen LogP contribution in [0.15, 0.2) is 0 Å². The Labute approximate surface area is 159 Å². The van der Waals surface area contributed by atoms with Crippen LogP contribution in [-0.2, 0) is 0 Å².